The average molecular weight is 436 g/mol. The standard InChI is InChI=1S/C25H24O7/c1-14(26)30-20-11-10-17-19(28)12-21(16-8-6-5-7-9-16)32-23(17)22(20)18-13-29-25(3,4)24(18)31-15(2)27/h5-12,18,24H,13H2,1-4H3/t18-,24+/m1/s1. The second-order valence-electron chi connectivity index (χ2n) is 8.34. The first-order valence-corrected chi connectivity index (χ1v) is 10.3. The van der Waals surface area contributed by atoms with Gasteiger partial charge in [-0.25, -0.2) is 0 Å². The number of esters is 2. The summed E-state index contributed by atoms with van der Waals surface area (Å²) < 4.78 is 23.3. The summed E-state index contributed by atoms with van der Waals surface area (Å²) in [4.78, 5) is 36.7. The summed E-state index contributed by atoms with van der Waals surface area (Å²) in [6.07, 6.45) is -0.675. The normalized spacial score (nSPS) is 19.6. The third-order valence-electron chi connectivity index (χ3n) is 5.56. The molecule has 7 nitrogen and oxygen atoms in total. The predicted molar refractivity (Wildman–Crippen MR) is 118 cm³/mol. The van der Waals surface area contributed by atoms with Crippen LogP contribution in [0.4, 0.5) is 0 Å². The zero-order chi connectivity index (χ0) is 23.0. The summed E-state index contributed by atoms with van der Waals surface area (Å²) in [5.41, 5.74) is 0.448. The minimum atomic E-state index is -0.788. The molecule has 1 aliphatic heterocycles. The Morgan fingerprint density at radius 3 is 2.41 bits per heavy atom. The maximum Gasteiger partial charge on any atom is 0.308 e. The van der Waals surface area contributed by atoms with Gasteiger partial charge in [-0.05, 0) is 26.0 Å². The van der Waals surface area contributed by atoms with Gasteiger partial charge in [-0.3, -0.25) is 14.4 Å². The lowest BCUT2D eigenvalue weighted by Crippen LogP contribution is -2.38. The number of ether oxygens (including phenoxy) is 3. The van der Waals surface area contributed by atoms with Gasteiger partial charge in [-0.15, -0.1) is 0 Å². The highest BCUT2D eigenvalue weighted by molar-refractivity contribution is 5.86. The summed E-state index contributed by atoms with van der Waals surface area (Å²) in [6, 6.07) is 13.8. The lowest BCUT2D eigenvalue weighted by atomic mass is 9.86. The molecule has 0 aliphatic carbocycles. The zero-order valence-electron chi connectivity index (χ0n) is 18.3. The summed E-state index contributed by atoms with van der Waals surface area (Å²) >= 11 is 0. The van der Waals surface area contributed by atoms with E-state index >= 15 is 0 Å². The van der Waals surface area contributed by atoms with Gasteiger partial charge < -0.3 is 18.6 Å². The second-order valence-corrected chi connectivity index (χ2v) is 8.34. The molecule has 0 radical (unpaired) electrons. The first kappa shape index (κ1) is 21.8. The van der Waals surface area contributed by atoms with Gasteiger partial charge in [-0.2, -0.15) is 0 Å². The third kappa shape index (κ3) is 4.03. The van der Waals surface area contributed by atoms with E-state index in [1.807, 2.05) is 44.2 Å². The van der Waals surface area contributed by atoms with Crippen LogP contribution in [0.3, 0.4) is 0 Å². The van der Waals surface area contributed by atoms with Gasteiger partial charge in [0.25, 0.3) is 0 Å². The van der Waals surface area contributed by atoms with Crippen molar-refractivity contribution in [3.8, 4) is 17.1 Å². The van der Waals surface area contributed by atoms with Crippen LogP contribution in [0.15, 0.2) is 57.7 Å². The van der Waals surface area contributed by atoms with Gasteiger partial charge >= 0.3 is 11.9 Å². The van der Waals surface area contributed by atoms with Crippen molar-refractivity contribution in [3.05, 3.63) is 64.3 Å². The molecule has 1 saturated heterocycles. The van der Waals surface area contributed by atoms with Gasteiger partial charge in [0.15, 0.2) is 5.43 Å². The van der Waals surface area contributed by atoms with Crippen molar-refractivity contribution < 1.29 is 28.2 Å². The quantitative estimate of drug-likeness (QED) is 0.447. The number of hydrogen-bond donors (Lipinski definition) is 0. The van der Waals surface area contributed by atoms with Crippen molar-refractivity contribution in [2.45, 2.75) is 45.3 Å². The monoisotopic (exact) mass is 436 g/mol. The van der Waals surface area contributed by atoms with Crippen molar-refractivity contribution in [2.24, 2.45) is 0 Å². The number of fused-ring (bicyclic) bond motifs is 1. The molecule has 0 saturated carbocycles. The molecule has 1 aromatic heterocycles. The Balaban J connectivity index is 1.99. The fourth-order valence-corrected chi connectivity index (χ4v) is 4.16. The highest BCUT2D eigenvalue weighted by Gasteiger charge is 2.48. The maximum absolute atomic E-state index is 13.0. The molecule has 2 atom stereocenters. The Kier molecular flexibility index (Phi) is 5.60. The first-order chi connectivity index (χ1) is 15.2. The van der Waals surface area contributed by atoms with Crippen molar-refractivity contribution >= 4 is 22.9 Å². The maximum atomic E-state index is 13.0. The minimum absolute atomic E-state index is 0.192. The van der Waals surface area contributed by atoms with Crippen LogP contribution in [0.1, 0.15) is 39.2 Å². The van der Waals surface area contributed by atoms with Gasteiger partial charge in [0.1, 0.15) is 28.8 Å². The molecule has 0 bridgehead atoms. The van der Waals surface area contributed by atoms with Gasteiger partial charge in [0.05, 0.1) is 17.9 Å². The Bertz CT molecular complexity index is 1240. The molecule has 7 heteroatoms. The van der Waals surface area contributed by atoms with Crippen LogP contribution in [0.25, 0.3) is 22.3 Å². The number of rotatable bonds is 4. The van der Waals surface area contributed by atoms with E-state index in [1.165, 1.54) is 19.9 Å². The fourth-order valence-electron chi connectivity index (χ4n) is 4.16. The van der Waals surface area contributed by atoms with Crippen LogP contribution in [0, 0.1) is 0 Å². The smallest absolute Gasteiger partial charge is 0.308 e. The molecule has 1 fully saturated rings. The minimum Gasteiger partial charge on any atom is -0.459 e. The molecule has 166 valence electrons. The van der Waals surface area contributed by atoms with Crippen LogP contribution in [-0.2, 0) is 19.1 Å². The molecule has 2 aromatic carbocycles. The largest absolute Gasteiger partial charge is 0.459 e. The van der Waals surface area contributed by atoms with E-state index in [0.29, 0.717) is 16.7 Å². The molecule has 0 spiro atoms. The van der Waals surface area contributed by atoms with Crippen LogP contribution in [0.5, 0.6) is 5.75 Å². The topological polar surface area (TPSA) is 92.0 Å². The van der Waals surface area contributed by atoms with Crippen molar-refractivity contribution in [1.29, 1.82) is 0 Å². The van der Waals surface area contributed by atoms with E-state index in [0.717, 1.165) is 5.56 Å². The predicted octanol–water partition coefficient (Wildman–Crippen LogP) is 4.21. The lowest BCUT2D eigenvalue weighted by molar-refractivity contribution is -0.154. The SMILES string of the molecule is CC(=O)Oc1ccc2c(=O)cc(-c3ccccc3)oc2c1[C@H]1COC(C)(C)[C@H]1OC(C)=O. The summed E-state index contributed by atoms with van der Waals surface area (Å²) in [5, 5.41) is 0.335. The summed E-state index contributed by atoms with van der Waals surface area (Å²) in [5.74, 6) is -0.872. The molecule has 3 aromatic rings. The Morgan fingerprint density at radius 1 is 1.03 bits per heavy atom. The molecule has 1 aliphatic rings. The van der Waals surface area contributed by atoms with Gasteiger partial charge in [0, 0.05) is 31.0 Å². The first-order valence-electron chi connectivity index (χ1n) is 10.3. The van der Waals surface area contributed by atoms with Crippen LogP contribution < -0.4 is 10.2 Å². The number of carbonyl (C=O) groups excluding carboxylic acids is 2. The van der Waals surface area contributed by atoms with Crippen molar-refractivity contribution in [2.75, 3.05) is 6.61 Å². The van der Waals surface area contributed by atoms with E-state index in [4.69, 9.17) is 18.6 Å². The van der Waals surface area contributed by atoms with Crippen LogP contribution >= 0.6 is 0 Å². The molecule has 0 N–H and O–H groups in total. The highest BCUT2D eigenvalue weighted by atomic mass is 16.6. The number of carbonyl (C=O) groups is 2. The Labute approximate surface area is 184 Å². The molecule has 0 amide bonds. The second kappa shape index (κ2) is 8.24. The fraction of sp³-hybridized carbons (Fsp3) is 0.320. The number of hydrogen-bond acceptors (Lipinski definition) is 7. The average Bonchev–Trinajstić information content (AvgIpc) is 3.01. The third-order valence-corrected chi connectivity index (χ3v) is 5.56. The van der Waals surface area contributed by atoms with Gasteiger partial charge in [0.2, 0.25) is 0 Å². The van der Waals surface area contributed by atoms with E-state index < -0.39 is 29.6 Å². The molecular formula is C25H24O7. The Morgan fingerprint density at radius 2 is 1.75 bits per heavy atom. The van der Waals surface area contributed by atoms with Gasteiger partial charge in [-0.1, -0.05) is 30.3 Å². The number of benzene rings is 2. The molecule has 4 rings (SSSR count). The van der Waals surface area contributed by atoms with Crippen LogP contribution in [0.2, 0.25) is 0 Å². The van der Waals surface area contributed by atoms with Crippen molar-refractivity contribution in [3.63, 3.8) is 0 Å². The Hall–Kier alpha value is -3.45. The molecule has 0 unspecified atom stereocenters. The molecular weight excluding hydrogens is 412 g/mol. The van der Waals surface area contributed by atoms with Crippen LogP contribution in [-0.4, -0.2) is 30.3 Å². The highest BCUT2D eigenvalue weighted by Crippen LogP contribution is 2.45. The van der Waals surface area contributed by atoms with E-state index in [-0.39, 0.29) is 23.4 Å². The lowest BCUT2D eigenvalue weighted by Gasteiger charge is -2.28. The van der Waals surface area contributed by atoms with E-state index in [9.17, 15) is 14.4 Å². The molecule has 32 heavy (non-hydrogen) atoms. The zero-order valence-corrected chi connectivity index (χ0v) is 18.3. The van der Waals surface area contributed by atoms with Crippen molar-refractivity contribution in [1.82, 2.24) is 0 Å². The summed E-state index contributed by atoms with van der Waals surface area (Å²) in [6.45, 7) is 6.46. The van der Waals surface area contributed by atoms with E-state index in [1.54, 1.807) is 12.1 Å². The summed E-state index contributed by atoms with van der Waals surface area (Å²) in [7, 11) is 0. The molecule has 2 heterocycles. The van der Waals surface area contributed by atoms with E-state index in [2.05, 4.69) is 0 Å².